The van der Waals surface area contributed by atoms with E-state index >= 15 is 0 Å². The summed E-state index contributed by atoms with van der Waals surface area (Å²) in [7, 11) is 1.56. The Bertz CT molecular complexity index is 221. The Morgan fingerprint density at radius 2 is 2.06 bits per heavy atom. The number of carbonyl (C=O) groups excluding carboxylic acids is 2. The van der Waals surface area contributed by atoms with Gasteiger partial charge in [-0.1, -0.05) is 0 Å². The molecule has 0 fully saturated rings. The molecule has 0 aliphatic heterocycles. The second-order valence-corrected chi connectivity index (χ2v) is 3.38. The Kier molecular flexibility index (Phi) is 8.46. The van der Waals surface area contributed by atoms with E-state index in [1.54, 1.807) is 7.11 Å². The standard InChI is InChI=1S/C10H21N3O3/c1-3-12-9(14)4-6-13-10(15)8(11)5-7-16-2/h8H,3-7,11H2,1-2H3,(H,12,14)(H,13,15). The molecule has 4 N–H and O–H groups in total. The second kappa shape index (κ2) is 9.11. The molecule has 0 rings (SSSR count). The van der Waals surface area contributed by atoms with Crippen LogP contribution in [0.3, 0.4) is 0 Å². The normalized spacial score (nSPS) is 11.9. The Morgan fingerprint density at radius 3 is 2.62 bits per heavy atom. The Balaban J connectivity index is 3.60. The smallest absolute Gasteiger partial charge is 0.237 e. The van der Waals surface area contributed by atoms with Gasteiger partial charge in [0.1, 0.15) is 0 Å². The molecule has 0 spiro atoms. The van der Waals surface area contributed by atoms with Crippen LogP contribution in [-0.4, -0.2) is 44.7 Å². The number of nitrogens with two attached hydrogens (primary N) is 1. The minimum atomic E-state index is -0.575. The number of methoxy groups -OCH3 is 1. The van der Waals surface area contributed by atoms with Crippen molar-refractivity contribution in [1.29, 1.82) is 0 Å². The summed E-state index contributed by atoms with van der Waals surface area (Å²) < 4.78 is 4.81. The van der Waals surface area contributed by atoms with E-state index in [4.69, 9.17) is 10.5 Å². The molecule has 0 aliphatic carbocycles. The van der Waals surface area contributed by atoms with Crippen LogP contribution in [0.25, 0.3) is 0 Å². The molecular weight excluding hydrogens is 210 g/mol. The predicted molar refractivity (Wildman–Crippen MR) is 60.8 cm³/mol. The Hall–Kier alpha value is -1.14. The summed E-state index contributed by atoms with van der Waals surface area (Å²) in [5.74, 6) is -0.324. The average Bonchev–Trinajstić information content (AvgIpc) is 2.26. The van der Waals surface area contributed by atoms with Gasteiger partial charge in [0, 0.05) is 33.2 Å². The van der Waals surface area contributed by atoms with Gasteiger partial charge < -0.3 is 21.1 Å². The first-order chi connectivity index (χ1) is 7.61. The van der Waals surface area contributed by atoms with Gasteiger partial charge in [-0.2, -0.15) is 0 Å². The summed E-state index contributed by atoms with van der Waals surface area (Å²) in [6.45, 7) is 3.20. The van der Waals surface area contributed by atoms with Crippen molar-refractivity contribution >= 4 is 11.8 Å². The highest BCUT2D eigenvalue weighted by Gasteiger charge is 2.12. The van der Waals surface area contributed by atoms with Gasteiger partial charge in [0.2, 0.25) is 11.8 Å². The summed E-state index contributed by atoms with van der Waals surface area (Å²) in [5, 5.41) is 5.24. The van der Waals surface area contributed by atoms with E-state index in [1.165, 1.54) is 0 Å². The third-order valence-electron chi connectivity index (χ3n) is 1.99. The van der Waals surface area contributed by atoms with E-state index in [0.717, 1.165) is 0 Å². The van der Waals surface area contributed by atoms with Gasteiger partial charge in [-0.25, -0.2) is 0 Å². The first-order valence-corrected chi connectivity index (χ1v) is 5.40. The maximum Gasteiger partial charge on any atom is 0.237 e. The average molecular weight is 231 g/mol. The molecule has 94 valence electrons. The topological polar surface area (TPSA) is 93.5 Å². The molecular formula is C10H21N3O3. The molecule has 0 aromatic heterocycles. The van der Waals surface area contributed by atoms with Gasteiger partial charge in [0.15, 0.2) is 0 Å². The highest BCUT2D eigenvalue weighted by molar-refractivity contribution is 5.82. The van der Waals surface area contributed by atoms with Crippen molar-refractivity contribution in [3.8, 4) is 0 Å². The number of ether oxygens (including phenoxy) is 1. The maximum atomic E-state index is 11.4. The molecule has 0 aromatic rings. The second-order valence-electron chi connectivity index (χ2n) is 3.38. The minimum absolute atomic E-state index is 0.0757. The van der Waals surface area contributed by atoms with Crippen LogP contribution < -0.4 is 16.4 Å². The fourth-order valence-electron chi connectivity index (χ4n) is 1.09. The van der Waals surface area contributed by atoms with Crippen LogP contribution in [0.2, 0.25) is 0 Å². The quantitative estimate of drug-likeness (QED) is 0.499. The van der Waals surface area contributed by atoms with Gasteiger partial charge in [-0.15, -0.1) is 0 Å². The molecule has 0 bridgehead atoms. The summed E-state index contributed by atoms with van der Waals surface area (Å²) in [6, 6.07) is -0.575. The zero-order valence-corrected chi connectivity index (χ0v) is 9.91. The van der Waals surface area contributed by atoms with Crippen molar-refractivity contribution in [2.45, 2.75) is 25.8 Å². The van der Waals surface area contributed by atoms with E-state index in [1.807, 2.05) is 6.92 Å². The predicted octanol–water partition coefficient (Wildman–Crippen LogP) is -1.01. The van der Waals surface area contributed by atoms with Crippen LogP contribution in [0, 0.1) is 0 Å². The number of amides is 2. The molecule has 2 amide bonds. The highest BCUT2D eigenvalue weighted by atomic mass is 16.5. The summed E-state index contributed by atoms with van der Waals surface area (Å²) >= 11 is 0. The van der Waals surface area contributed by atoms with Gasteiger partial charge in [0.25, 0.3) is 0 Å². The minimum Gasteiger partial charge on any atom is -0.385 e. The van der Waals surface area contributed by atoms with Crippen LogP contribution >= 0.6 is 0 Å². The Labute approximate surface area is 95.9 Å². The molecule has 1 unspecified atom stereocenters. The summed E-state index contributed by atoms with van der Waals surface area (Å²) in [6.07, 6.45) is 0.750. The molecule has 0 saturated carbocycles. The third kappa shape index (κ3) is 7.19. The molecule has 6 heteroatoms. The number of hydrogen-bond donors (Lipinski definition) is 3. The lowest BCUT2D eigenvalue weighted by atomic mass is 10.2. The zero-order valence-electron chi connectivity index (χ0n) is 9.91. The van der Waals surface area contributed by atoms with Gasteiger partial charge >= 0.3 is 0 Å². The number of hydrogen-bond acceptors (Lipinski definition) is 4. The Morgan fingerprint density at radius 1 is 1.38 bits per heavy atom. The van der Waals surface area contributed by atoms with E-state index in [-0.39, 0.29) is 18.2 Å². The van der Waals surface area contributed by atoms with Crippen molar-refractivity contribution in [1.82, 2.24) is 10.6 Å². The molecule has 0 aliphatic rings. The summed E-state index contributed by atoms with van der Waals surface area (Å²) in [5.41, 5.74) is 5.59. The zero-order chi connectivity index (χ0) is 12.4. The molecule has 16 heavy (non-hydrogen) atoms. The fraction of sp³-hybridized carbons (Fsp3) is 0.800. The maximum absolute atomic E-state index is 11.4. The SMILES string of the molecule is CCNC(=O)CCNC(=O)C(N)CCOC. The van der Waals surface area contributed by atoms with E-state index in [9.17, 15) is 9.59 Å². The fourth-order valence-corrected chi connectivity index (χ4v) is 1.09. The van der Waals surface area contributed by atoms with Crippen molar-refractivity contribution in [3.05, 3.63) is 0 Å². The van der Waals surface area contributed by atoms with Crippen molar-refractivity contribution in [2.75, 3.05) is 26.8 Å². The molecule has 0 aromatic carbocycles. The lowest BCUT2D eigenvalue weighted by Crippen LogP contribution is -2.42. The number of carbonyl (C=O) groups is 2. The molecule has 6 nitrogen and oxygen atoms in total. The van der Waals surface area contributed by atoms with Crippen molar-refractivity contribution in [2.24, 2.45) is 5.73 Å². The van der Waals surface area contributed by atoms with Crippen LogP contribution in [0.5, 0.6) is 0 Å². The van der Waals surface area contributed by atoms with Crippen LogP contribution in [0.15, 0.2) is 0 Å². The monoisotopic (exact) mass is 231 g/mol. The molecule has 0 heterocycles. The van der Waals surface area contributed by atoms with E-state index in [2.05, 4.69) is 10.6 Å². The van der Waals surface area contributed by atoms with Crippen molar-refractivity contribution < 1.29 is 14.3 Å². The largest absolute Gasteiger partial charge is 0.385 e. The molecule has 0 saturated heterocycles. The van der Waals surface area contributed by atoms with Crippen LogP contribution in [0.4, 0.5) is 0 Å². The molecule has 0 radical (unpaired) electrons. The lowest BCUT2D eigenvalue weighted by molar-refractivity contribution is -0.123. The van der Waals surface area contributed by atoms with Gasteiger partial charge in [-0.3, -0.25) is 9.59 Å². The van der Waals surface area contributed by atoms with E-state index in [0.29, 0.717) is 26.1 Å². The first kappa shape index (κ1) is 14.9. The highest BCUT2D eigenvalue weighted by Crippen LogP contribution is 1.89. The number of rotatable bonds is 8. The first-order valence-electron chi connectivity index (χ1n) is 5.40. The van der Waals surface area contributed by atoms with Gasteiger partial charge in [0.05, 0.1) is 6.04 Å². The molecule has 1 atom stereocenters. The van der Waals surface area contributed by atoms with Crippen LogP contribution in [0.1, 0.15) is 19.8 Å². The summed E-state index contributed by atoms with van der Waals surface area (Å²) in [4.78, 5) is 22.4. The van der Waals surface area contributed by atoms with Crippen LogP contribution in [-0.2, 0) is 14.3 Å². The third-order valence-corrected chi connectivity index (χ3v) is 1.99. The van der Waals surface area contributed by atoms with Crippen molar-refractivity contribution in [3.63, 3.8) is 0 Å². The lowest BCUT2D eigenvalue weighted by Gasteiger charge is -2.11. The van der Waals surface area contributed by atoms with Gasteiger partial charge in [-0.05, 0) is 13.3 Å². The van der Waals surface area contributed by atoms with E-state index < -0.39 is 6.04 Å². The number of nitrogens with one attached hydrogen (secondary N) is 2.